The quantitative estimate of drug-likeness (QED) is 0.435. The van der Waals surface area contributed by atoms with Gasteiger partial charge in [-0.3, -0.25) is 9.59 Å². The smallest absolute Gasteiger partial charge is 0.220 e. The highest BCUT2D eigenvalue weighted by Crippen LogP contribution is 2.20. The Kier molecular flexibility index (Phi) is 11.3. The van der Waals surface area contributed by atoms with Crippen LogP contribution in [0.1, 0.15) is 93.9 Å². The zero-order valence-electron chi connectivity index (χ0n) is 19.4. The van der Waals surface area contributed by atoms with Gasteiger partial charge in [0.1, 0.15) is 0 Å². The summed E-state index contributed by atoms with van der Waals surface area (Å²) in [5, 5.41) is 3.09. The maximum absolute atomic E-state index is 12.4. The second-order valence-electron chi connectivity index (χ2n) is 10.0. The number of rotatable bonds is 15. The minimum Gasteiger partial charge on any atom is -0.376 e. The van der Waals surface area contributed by atoms with E-state index in [1.165, 1.54) is 0 Å². The molecule has 0 aromatic rings. The summed E-state index contributed by atoms with van der Waals surface area (Å²) < 4.78 is 11.8. The first-order valence-electron chi connectivity index (χ1n) is 10.5. The molecule has 0 spiro atoms. The van der Waals surface area contributed by atoms with Crippen LogP contribution in [0.3, 0.4) is 0 Å². The highest BCUT2D eigenvalue weighted by atomic mass is 16.5. The lowest BCUT2D eigenvalue weighted by Gasteiger charge is -2.31. The second kappa shape index (κ2) is 11.8. The highest BCUT2D eigenvalue weighted by Gasteiger charge is 2.25. The number of nitrogens with one attached hydrogen (secondary N) is 1. The van der Waals surface area contributed by atoms with Crippen molar-refractivity contribution in [1.82, 2.24) is 5.32 Å². The van der Waals surface area contributed by atoms with Crippen molar-refractivity contribution in [2.24, 2.45) is 11.7 Å². The Morgan fingerprint density at radius 1 is 0.857 bits per heavy atom. The van der Waals surface area contributed by atoms with Crippen molar-refractivity contribution in [3.63, 3.8) is 0 Å². The van der Waals surface area contributed by atoms with Crippen LogP contribution in [-0.4, -0.2) is 41.8 Å². The maximum atomic E-state index is 12.4. The fourth-order valence-electron chi connectivity index (χ4n) is 2.64. The molecule has 3 N–H and O–H groups in total. The van der Waals surface area contributed by atoms with Crippen LogP contribution < -0.4 is 11.1 Å². The number of nitrogens with two attached hydrogens (primary N) is 1. The summed E-state index contributed by atoms with van der Waals surface area (Å²) in [6, 6.07) is 0. The number of hydrogen-bond donors (Lipinski definition) is 2. The van der Waals surface area contributed by atoms with Gasteiger partial charge in [0.2, 0.25) is 11.8 Å². The van der Waals surface area contributed by atoms with Gasteiger partial charge in [0, 0.05) is 31.6 Å². The van der Waals surface area contributed by atoms with E-state index in [9.17, 15) is 9.59 Å². The molecule has 28 heavy (non-hydrogen) atoms. The van der Waals surface area contributed by atoms with Gasteiger partial charge < -0.3 is 20.5 Å². The number of amides is 2. The maximum Gasteiger partial charge on any atom is 0.220 e. The predicted octanol–water partition coefficient (Wildman–Crippen LogP) is 3.95. The molecule has 0 saturated carbocycles. The van der Waals surface area contributed by atoms with Gasteiger partial charge in [-0.2, -0.15) is 0 Å². The van der Waals surface area contributed by atoms with Crippen LogP contribution in [0.4, 0.5) is 0 Å². The van der Waals surface area contributed by atoms with E-state index >= 15 is 0 Å². The average Bonchev–Trinajstić information content (AvgIpc) is 2.50. The third-order valence-corrected chi connectivity index (χ3v) is 4.81. The van der Waals surface area contributed by atoms with Gasteiger partial charge in [0.05, 0.1) is 11.2 Å². The Morgan fingerprint density at radius 2 is 1.36 bits per heavy atom. The van der Waals surface area contributed by atoms with Gasteiger partial charge in [-0.05, 0) is 73.1 Å². The van der Waals surface area contributed by atoms with Crippen molar-refractivity contribution in [2.75, 3.05) is 13.2 Å². The van der Waals surface area contributed by atoms with Gasteiger partial charge in [-0.15, -0.1) is 0 Å². The van der Waals surface area contributed by atoms with Gasteiger partial charge in [0.15, 0.2) is 0 Å². The molecule has 0 aliphatic carbocycles. The molecular formula is C22H44N2O4. The number of primary amides is 1. The number of carbonyl (C=O) groups is 2. The van der Waals surface area contributed by atoms with E-state index in [0.29, 0.717) is 44.6 Å². The minimum atomic E-state index is -0.410. The van der Waals surface area contributed by atoms with Crippen LogP contribution >= 0.6 is 0 Å². The topological polar surface area (TPSA) is 90.7 Å². The molecule has 0 fully saturated rings. The average molecular weight is 401 g/mol. The Hall–Kier alpha value is -1.14. The molecule has 0 heterocycles. The molecule has 6 nitrogen and oxygen atoms in total. The van der Waals surface area contributed by atoms with E-state index in [4.69, 9.17) is 15.2 Å². The monoisotopic (exact) mass is 400 g/mol. The third kappa shape index (κ3) is 14.9. The normalized spacial score (nSPS) is 13.0. The molecular weight excluding hydrogens is 356 g/mol. The molecule has 0 aromatic heterocycles. The first-order valence-corrected chi connectivity index (χ1v) is 10.5. The number of carbonyl (C=O) groups excluding carboxylic acids is 2. The molecule has 0 aromatic carbocycles. The van der Waals surface area contributed by atoms with Crippen molar-refractivity contribution in [3.8, 4) is 0 Å². The van der Waals surface area contributed by atoms with Crippen molar-refractivity contribution < 1.29 is 19.1 Å². The Bertz CT molecular complexity index is 485. The molecule has 0 atom stereocenters. The van der Waals surface area contributed by atoms with E-state index in [2.05, 4.69) is 19.2 Å². The fraction of sp³-hybridized carbons (Fsp3) is 0.909. The fourth-order valence-corrected chi connectivity index (χ4v) is 2.64. The van der Waals surface area contributed by atoms with Gasteiger partial charge in [-0.1, -0.05) is 13.8 Å². The van der Waals surface area contributed by atoms with E-state index in [0.717, 1.165) is 13.0 Å². The zero-order chi connectivity index (χ0) is 22.0. The summed E-state index contributed by atoms with van der Waals surface area (Å²) in [4.78, 5) is 23.3. The van der Waals surface area contributed by atoms with E-state index in [-0.39, 0.29) is 23.0 Å². The number of ether oxygens (including phenoxy) is 2. The molecule has 0 radical (unpaired) electrons. The SMILES string of the molecule is CC(C)CCOC(C)(C)CCC(=O)NC(C)(C)CCOC(C)(C)CCC(N)=O. The Labute approximate surface area is 172 Å². The summed E-state index contributed by atoms with van der Waals surface area (Å²) in [5.41, 5.74) is 4.13. The summed E-state index contributed by atoms with van der Waals surface area (Å²) >= 11 is 0. The van der Waals surface area contributed by atoms with Gasteiger partial charge in [0.25, 0.3) is 0 Å². The lowest BCUT2D eigenvalue weighted by atomic mass is 9.98. The molecule has 6 heteroatoms. The van der Waals surface area contributed by atoms with Crippen molar-refractivity contribution in [2.45, 2.75) is 111 Å². The van der Waals surface area contributed by atoms with Crippen LogP contribution in [0.5, 0.6) is 0 Å². The number of hydrogen-bond acceptors (Lipinski definition) is 4. The van der Waals surface area contributed by atoms with Crippen molar-refractivity contribution in [3.05, 3.63) is 0 Å². The Morgan fingerprint density at radius 3 is 1.86 bits per heavy atom. The molecule has 0 aliphatic rings. The molecule has 0 unspecified atom stereocenters. The molecule has 0 saturated heterocycles. The van der Waals surface area contributed by atoms with E-state index < -0.39 is 5.60 Å². The summed E-state index contributed by atoms with van der Waals surface area (Å²) in [6.07, 6.45) is 3.72. The van der Waals surface area contributed by atoms with Crippen molar-refractivity contribution >= 4 is 11.8 Å². The summed E-state index contributed by atoms with van der Waals surface area (Å²) in [7, 11) is 0. The first-order chi connectivity index (χ1) is 12.6. The van der Waals surface area contributed by atoms with E-state index in [1.54, 1.807) is 0 Å². The standard InChI is InChI=1S/C22H44N2O4/c1-17(2)11-15-27-22(7,8)13-10-19(26)24-20(3,4)14-16-28-21(5,6)12-9-18(23)25/h17H,9-16H2,1-8H3,(H2,23,25)(H,24,26). The molecule has 0 rings (SSSR count). The Balaban J connectivity index is 4.24. The molecule has 0 aliphatic heterocycles. The van der Waals surface area contributed by atoms with Gasteiger partial charge >= 0.3 is 0 Å². The van der Waals surface area contributed by atoms with Crippen molar-refractivity contribution in [1.29, 1.82) is 0 Å². The molecule has 0 bridgehead atoms. The summed E-state index contributed by atoms with van der Waals surface area (Å²) in [6.45, 7) is 17.5. The lowest BCUT2D eigenvalue weighted by Crippen LogP contribution is -2.45. The highest BCUT2D eigenvalue weighted by molar-refractivity contribution is 5.76. The second-order valence-corrected chi connectivity index (χ2v) is 10.0. The minimum absolute atomic E-state index is 0.0264. The van der Waals surface area contributed by atoms with E-state index in [1.807, 2.05) is 41.5 Å². The summed E-state index contributed by atoms with van der Waals surface area (Å²) in [5.74, 6) is 0.321. The lowest BCUT2D eigenvalue weighted by molar-refractivity contribution is -0.125. The third-order valence-electron chi connectivity index (χ3n) is 4.81. The molecule has 166 valence electrons. The van der Waals surface area contributed by atoms with Crippen LogP contribution in [0, 0.1) is 5.92 Å². The van der Waals surface area contributed by atoms with Crippen LogP contribution in [0.15, 0.2) is 0 Å². The van der Waals surface area contributed by atoms with Crippen LogP contribution in [0.2, 0.25) is 0 Å². The van der Waals surface area contributed by atoms with Gasteiger partial charge in [-0.25, -0.2) is 0 Å². The molecule has 2 amide bonds. The predicted molar refractivity (Wildman–Crippen MR) is 114 cm³/mol. The zero-order valence-corrected chi connectivity index (χ0v) is 19.4. The largest absolute Gasteiger partial charge is 0.376 e. The van der Waals surface area contributed by atoms with Crippen LogP contribution in [-0.2, 0) is 19.1 Å². The van der Waals surface area contributed by atoms with Crippen LogP contribution in [0.25, 0.3) is 0 Å². The first kappa shape index (κ1) is 26.9.